The zero-order valence-electron chi connectivity index (χ0n) is 27.2. The van der Waals surface area contributed by atoms with Crippen molar-refractivity contribution >= 4 is 27.7 Å². The minimum Gasteiger partial charge on any atom is -0.465 e. The van der Waals surface area contributed by atoms with Gasteiger partial charge in [0.2, 0.25) is 15.9 Å². The first kappa shape index (κ1) is 38.4. The van der Waals surface area contributed by atoms with Crippen LogP contribution in [0.3, 0.4) is 0 Å². The Labute approximate surface area is 292 Å². The first-order chi connectivity index (χ1) is 24.3. The van der Waals surface area contributed by atoms with Gasteiger partial charge >= 0.3 is 6.09 Å². The third kappa shape index (κ3) is 10.5. The smallest absolute Gasteiger partial charge is 0.407 e. The number of nitrogens with one attached hydrogen (secondary N) is 2. The van der Waals surface area contributed by atoms with E-state index in [4.69, 9.17) is 0 Å². The van der Waals surface area contributed by atoms with Gasteiger partial charge < -0.3 is 20.4 Å². The average molecular weight is 725 g/mol. The van der Waals surface area contributed by atoms with Crippen LogP contribution in [0.2, 0.25) is 0 Å². The fraction of sp³-hybridized carbons (Fsp3) is 0.257. The molecule has 0 aliphatic carbocycles. The Morgan fingerprint density at radius 1 is 0.902 bits per heavy atom. The van der Waals surface area contributed by atoms with Gasteiger partial charge in [-0.15, -0.1) is 0 Å². The number of rotatable bonds is 16. The van der Waals surface area contributed by atoms with Crippen LogP contribution in [0, 0.1) is 17.5 Å². The number of amides is 2. The lowest BCUT2D eigenvalue weighted by Crippen LogP contribution is -2.47. The van der Waals surface area contributed by atoms with Crippen LogP contribution >= 0.6 is 0 Å². The highest BCUT2D eigenvalue weighted by atomic mass is 32.2. The number of hydrogen-bond acceptors (Lipinski definition) is 6. The summed E-state index contributed by atoms with van der Waals surface area (Å²) in [7, 11) is -4.18. The molecule has 2 amide bonds. The molecule has 0 fully saturated rings. The summed E-state index contributed by atoms with van der Waals surface area (Å²) in [4.78, 5) is 29.4. The van der Waals surface area contributed by atoms with Crippen molar-refractivity contribution in [3.8, 4) is 0 Å². The third-order valence-corrected chi connectivity index (χ3v) is 9.40. The fourth-order valence-electron chi connectivity index (χ4n) is 5.63. The molecule has 12 nitrogen and oxygen atoms in total. The van der Waals surface area contributed by atoms with Crippen molar-refractivity contribution < 1.29 is 41.4 Å². The first-order valence-corrected chi connectivity index (χ1v) is 17.1. The number of hydrogen-bond donors (Lipinski definition) is 4. The highest BCUT2D eigenvalue weighted by Gasteiger charge is 2.32. The Morgan fingerprint density at radius 3 is 2.06 bits per heavy atom. The molecule has 0 radical (unpaired) electrons. The quantitative estimate of drug-likeness (QED) is 0.0606. The molecule has 4 N–H and O–H groups in total. The van der Waals surface area contributed by atoms with E-state index in [1.54, 1.807) is 6.07 Å². The lowest BCUT2D eigenvalue weighted by atomic mass is 9.84. The zero-order valence-corrected chi connectivity index (χ0v) is 28.1. The van der Waals surface area contributed by atoms with Crippen LogP contribution in [-0.4, -0.2) is 66.8 Å². The Bertz CT molecular complexity index is 1950. The summed E-state index contributed by atoms with van der Waals surface area (Å²) < 4.78 is 73.1. The number of benzene rings is 4. The standard InChI is InChI=1S/C35H35F3N6O6S/c1-22(45)20-44(35(47)48)21-27(42-51(49,50)28-12-3-2-4-13-28)16-17-29-30(38)14-7-15-31(29)40-34(46)33(41-43-39)32(23-8-5-10-25(36)18-23)24-9-6-11-26(37)19-24/h2-15,18-19,22,27,32-33,42,45H,16-17,20-21H2,1H3,(H,40,46)(H,47,48)/t22-,27+,33-/m0/s1. The van der Waals surface area contributed by atoms with Crippen molar-refractivity contribution in [1.29, 1.82) is 0 Å². The fourth-order valence-corrected chi connectivity index (χ4v) is 6.91. The van der Waals surface area contributed by atoms with Crippen LogP contribution < -0.4 is 10.0 Å². The van der Waals surface area contributed by atoms with Crippen molar-refractivity contribution in [2.45, 2.75) is 48.8 Å². The number of anilines is 1. The van der Waals surface area contributed by atoms with Gasteiger partial charge in [-0.2, -0.15) is 0 Å². The van der Waals surface area contributed by atoms with E-state index in [1.807, 2.05) is 0 Å². The molecule has 4 aromatic rings. The summed E-state index contributed by atoms with van der Waals surface area (Å²) in [6, 6.07) is 18.6. The molecule has 4 rings (SSSR count). The van der Waals surface area contributed by atoms with Crippen LogP contribution in [0.1, 0.15) is 36.0 Å². The summed E-state index contributed by atoms with van der Waals surface area (Å²) in [6.07, 6.45) is -2.90. The van der Waals surface area contributed by atoms with Crippen molar-refractivity contribution in [1.82, 2.24) is 9.62 Å². The average Bonchev–Trinajstić information content (AvgIpc) is 3.07. The van der Waals surface area contributed by atoms with Crippen molar-refractivity contribution in [3.05, 3.63) is 142 Å². The number of nitrogens with zero attached hydrogens (tertiary/aromatic N) is 4. The Hall–Kier alpha value is -5.41. The van der Waals surface area contributed by atoms with Gasteiger partial charge in [0.05, 0.1) is 11.0 Å². The molecular formula is C35H35F3N6O6S. The molecule has 268 valence electrons. The van der Waals surface area contributed by atoms with E-state index >= 15 is 4.39 Å². The number of carbonyl (C=O) groups is 2. The van der Waals surface area contributed by atoms with Gasteiger partial charge in [-0.05, 0) is 85.0 Å². The summed E-state index contributed by atoms with van der Waals surface area (Å²) in [5, 5.41) is 25.8. The van der Waals surface area contributed by atoms with E-state index in [0.717, 1.165) is 23.1 Å². The molecule has 0 saturated heterocycles. The molecule has 3 atom stereocenters. The van der Waals surface area contributed by atoms with Crippen LogP contribution in [0.5, 0.6) is 0 Å². The SMILES string of the molecule is C[C@H](O)CN(C[C@@H](CCc1c(F)cccc1NC(=O)[C@@H](N=[N+]=[N-])C(c1cccc(F)c1)c1cccc(F)c1)NS(=O)(=O)c1ccccc1)C(=O)O. The number of azide groups is 1. The van der Waals surface area contributed by atoms with Gasteiger partial charge in [0, 0.05) is 41.2 Å². The summed E-state index contributed by atoms with van der Waals surface area (Å²) in [6.45, 7) is 0.618. The zero-order chi connectivity index (χ0) is 37.1. The van der Waals surface area contributed by atoms with Gasteiger partial charge in [0.25, 0.3) is 0 Å². The van der Waals surface area contributed by atoms with Gasteiger partial charge in [-0.3, -0.25) is 4.79 Å². The number of aliphatic hydroxyl groups excluding tert-OH is 1. The molecule has 0 saturated carbocycles. The van der Waals surface area contributed by atoms with E-state index in [2.05, 4.69) is 20.1 Å². The maximum absolute atomic E-state index is 15.5. The van der Waals surface area contributed by atoms with E-state index in [9.17, 15) is 42.5 Å². The normalized spacial score (nSPS) is 13.1. The maximum Gasteiger partial charge on any atom is 0.407 e. The van der Waals surface area contributed by atoms with Gasteiger partial charge in [0.15, 0.2) is 0 Å². The molecule has 0 aromatic heterocycles. The number of halogens is 3. The molecule has 4 aromatic carbocycles. The monoisotopic (exact) mass is 724 g/mol. The van der Waals surface area contributed by atoms with Crippen LogP contribution in [0.4, 0.5) is 23.7 Å². The second-order valence-corrected chi connectivity index (χ2v) is 13.4. The minimum atomic E-state index is -4.18. The van der Waals surface area contributed by atoms with Crippen LogP contribution in [0.15, 0.2) is 107 Å². The van der Waals surface area contributed by atoms with Crippen LogP contribution in [0.25, 0.3) is 10.4 Å². The van der Waals surface area contributed by atoms with E-state index in [1.165, 1.54) is 79.7 Å². The molecule has 0 aliphatic heterocycles. The molecule has 0 bridgehead atoms. The second-order valence-electron chi connectivity index (χ2n) is 11.7. The van der Waals surface area contributed by atoms with Gasteiger partial charge in [-0.1, -0.05) is 53.6 Å². The molecule has 51 heavy (non-hydrogen) atoms. The first-order valence-electron chi connectivity index (χ1n) is 15.7. The predicted molar refractivity (Wildman–Crippen MR) is 183 cm³/mol. The predicted octanol–water partition coefficient (Wildman–Crippen LogP) is 6.19. The molecule has 0 spiro atoms. The van der Waals surface area contributed by atoms with E-state index in [-0.39, 0.29) is 46.7 Å². The minimum absolute atomic E-state index is 0.0703. The topological polar surface area (TPSA) is 185 Å². The van der Waals surface area contributed by atoms with Crippen molar-refractivity contribution in [3.63, 3.8) is 0 Å². The number of carboxylic acid groups (broad SMARTS) is 1. The molecular weight excluding hydrogens is 689 g/mol. The lowest BCUT2D eigenvalue weighted by Gasteiger charge is -2.27. The Kier molecular flexibility index (Phi) is 13.2. The second kappa shape index (κ2) is 17.5. The number of carbonyl (C=O) groups excluding carboxylic acids is 1. The van der Waals surface area contributed by atoms with Crippen molar-refractivity contribution in [2.24, 2.45) is 5.11 Å². The summed E-state index contributed by atoms with van der Waals surface area (Å²) >= 11 is 0. The summed E-state index contributed by atoms with van der Waals surface area (Å²) in [5.41, 5.74) is 9.68. The number of aliphatic hydroxyl groups is 1. The molecule has 0 aliphatic rings. The van der Waals surface area contributed by atoms with Crippen molar-refractivity contribution in [2.75, 3.05) is 18.4 Å². The Balaban J connectivity index is 1.67. The van der Waals surface area contributed by atoms with Gasteiger partial charge in [0.1, 0.15) is 23.5 Å². The Morgan fingerprint density at radius 2 is 1.51 bits per heavy atom. The largest absolute Gasteiger partial charge is 0.465 e. The number of sulfonamides is 1. The summed E-state index contributed by atoms with van der Waals surface area (Å²) in [5.74, 6) is -4.21. The third-order valence-electron chi connectivity index (χ3n) is 7.87. The molecule has 0 heterocycles. The highest BCUT2D eigenvalue weighted by Crippen LogP contribution is 2.33. The van der Waals surface area contributed by atoms with Crippen LogP contribution in [-0.2, 0) is 21.2 Å². The lowest BCUT2D eigenvalue weighted by molar-refractivity contribution is -0.117. The van der Waals surface area contributed by atoms with E-state index in [0.29, 0.717) is 0 Å². The van der Waals surface area contributed by atoms with E-state index < -0.39 is 70.1 Å². The van der Waals surface area contributed by atoms with Gasteiger partial charge in [-0.25, -0.2) is 31.1 Å². The molecule has 16 heteroatoms. The highest BCUT2D eigenvalue weighted by molar-refractivity contribution is 7.89. The molecule has 0 unspecified atom stereocenters. The maximum atomic E-state index is 15.5.